The second-order valence-corrected chi connectivity index (χ2v) is 8.41. The summed E-state index contributed by atoms with van der Waals surface area (Å²) in [7, 11) is 0. The summed E-state index contributed by atoms with van der Waals surface area (Å²) >= 11 is 5.43. The van der Waals surface area contributed by atoms with Gasteiger partial charge in [-0.1, -0.05) is 64.0 Å². The number of nitrogens with one attached hydrogen (secondary N) is 1. The average molecular weight is 437 g/mol. The van der Waals surface area contributed by atoms with E-state index in [0.717, 1.165) is 12.1 Å². The average Bonchev–Trinajstić information content (AvgIpc) is 2.78. The molecule has 1 aromatic carbocycles. The van der Waals surface area contributed by atoms with E-state index in [4.69, 9.17) is 12.2 Å². The molecule has 5 nitrogen and oxygen atoms in total. The number of aromatic amines is 1. The van der Waals surface area contributed by atoms with Crippen molar-refractivity contribution in [3.05, 3.63) is 81.0 Å². The summed E-state index contributed by atoms with van der Waals surface area (Å²) in [6, 6.07) is 10.2. The lowest BCUT2D eigenvalue weighted by molar-refractivity contribution is 0.575. The van der Waals surface area contributed by atoms with Gasteiger partial charge in [-0.2, -0.15) is 0 Å². The first-order valence-electron chi connectivity index (χ1n) is 11.4. The lowest BCUT2D eigenvalue weighted by Crippen LogP contribution is -2.18. The first-order chi connectivity index (χ1) is 15.2. The molecular formula is C25H32N4OS. The summed E-state index contributed by atoms with van der Waals surface area (Å²) in [6.45, 7) is 2.26. The third kappa shape index (κ3) is 7.24. The normalized spacial score (nSPS) is 11.0. The van der Waals surface area contributed by atoms with Gasteiger partial charge in [0.05, 0.1) is 0 Å². The minimum Gasteiger partial charge on any atom is -0.299 e. The van der Waals surface area contributed by atoms with Gasteiger partial charge in [0.1, 0.15) is 5.82 Å². The summed E-state index contributed by atoms with van der Waals surface area (Å²) in [6.07, 6.45) is 17.1. The number of hydrogen-bond acceptors (Lipinski definition) is 4. The van der Waals surface area contributed by atoms with Crippen molar-refractivity contribution in [1.29, 1.82) is 0 Å². The molecule has 0 atom stereocenters. The topological polar surface area (TPSA) is 63.6 Å². The van der Waals surface area contributed by atoms with E-state index in [0.29, 0.717) is 22.6 Å². The molecule has 1 N–H and O–H groups in total. The Morgan fingerprint density at radius 2 is 1.68 bits per heavy atom. The fraction of sp³-hybridized carbons (Fsp3) is 0.440. The molecule has 6 heteroatoms. The van der Waals surface area contributed by atoms with Crippen molar-refractivity contribution in [3.8, 4) is 5.69 Å². The minimum atomic E-state index is -0.191. The van der Waals surface area contributed by atoms with Crippen LogP contribution in [0.2, 0.25) is 0 Å². The van der Waals surface area contributed by atoms with Gasteiger partial charge in [-0.3, -0.25) is 14.3 Å². The highest BCUT2D eigenvalue weighted by Gasteiger charge is 2.08. The maximum atomic E-state index is 12.4. The first-order valence-corrected chi connectivity index (χ1v) is 11.8. The van der Waals surface area contributed by atoms with Gasteiger partial charge < -0.3 is 0 Å². The van der Waals surface area contributed by atoms with Crippen LogP contribution in [0, 0.1) is 4.77 Å². The SMILES string of the molecule is CCCCCCCCCCc1cccc(-n2cc(Cc3ncccn3)c(=O)[nH]c2=S)c1. The molecule has 0 aliphatic heterocycles. The van der Waals surface area contributed by atoms with Crippen molar-refractivity contribution >= 4 is 12.2 Å². The van der Waals surface area contributed by atoms with Crippen LogP contribution in [-0.2, 0) is 12.8 Å². The van der Waals surface area contributed by atoms with E-state index in [9.17, 15) is 4.79 Å². The Kier molecular flexibility index (Phi) is 9.16. The molecule has 0 unspecified atom stereocenters. The second-order valence-electron chi connectivity index (χ2n) is 8.02. The van der Waals surface area contributed by atoms with Crippen molar-refractivity contribution in [2.24, 2.45) is 0 Å². The van der Waals surface area contributed by atoms with Crippen LogP contribution in [0.25, 0.3) is 5.69 Å². The summed E-state index contributed by atoms with van der Waals surface area (Å²) in [5.74, 6) is 0.611. The predicted octanol–water partition coefficient (Wildman–Crippen LogP) is 5.96. The summed E-state index contributed by atoms with van der Waals surface area (Å²) in [5.41, 5.74) is 2.66. The standard InChI is InChI=1S/C25H32N4OS/c1-2-3-4-5-6-7-8-9-12-20-13-10-14-22(17-20)29-19-21(24(30)28-25(29)31)18-23-26-15-11-16-27-23/h10-11,13-17,19H,2-9,12,18H2,1H3,(H,28,30,31). The number of H-pyrrole nitrogens is 1. The zero-order valence-corrected chi connectivity index (χ0v) is 19.2. The molecule has 31 heavy (non-hydrogen) atoms. The van der Waals surface area contributed by atoms with Gasteiger partial charge in [-0.15, -0.1) is 0 Å². The van der Waals surface area contributed by atoms with Crippen LogP contribution >= 0.6 is 12.2 Å². The number of hydrogen-bond donors (Lipinski definition) is 1. The van der Waals surface area contributed by atoms with Crippen molar-refractivity contribution in [3.63, 3.8) is 0 Å². The molecule has 164 valence electrons. The summed E-state index contributed by atoms with van der Waals surface area (Å²) in [5, 5.41) is 0. The second kappa shape index (κ2) is 12.3. The Labute approximate surface area is 189 Å². The van der Waals surface area contributed by atoms with E-state index >= 15 is 0 Å². The highest BCUT2D eigenvalue weighted by molar-refractivity contribution is 7.71. The smallest absolute Gasteiger partial charge is 0.255 e. The van der Waals surface area contributed by atoms with Gasteiger partial charge in [0.2, 0.25) is 0 Å². The van der Waals surface area contributed by atoms with Crippen LogP contribution in [0.5, 0.6) is 0 Å². The van der Waals surface area contributed by atoms with Gasteiger partial charge in [0.25, 0.3) is 5.56 Å². The van der Waals surface area contributed by atoms with Crippen molar-refractivity contribution in [2.45, 2.75) is 71.1 Å². The number of rotatable bonds is 12. The first kappa shape index (κ1) is 23.1. The molecule has 0 amide bonds. The molecule has 0 spiro atoms. The predicted molar refractivity (Wildman–Crippen MR) is 128 cm³/mol. The number of aromatic nitrogens is 4. The molecule has 3 aromatic rings. The van der Waals surface area contributed by atoms with Gasteiger partial charge in [0.15, 0.2) is 4.77 Å². The lowest BCUT2D eigenvalue weighted by atomic mass is 10.0. The zero-order valence-electron chi connectivity index (χ0n) is 18.3. The summed E-state index contributed by atoms with van der Waals surface area (Å²) < 4.78 is 2.26. The Bertz CT molecular complexity index is 1060. The van der Waals surface area contributed by atoms with Crippen LogP contribution in [0.4, 0.5) is 0 Å². The largest absolute Gasteiger partial charge is 0.299 e. The van der Waals surface area contributed by atoms with E-state index in [1.807, 2.05) is 16.8 Å². The fourth-order valence-corrected chi connectivity index (χ4v) is 4.00. The van der Waals surface area contributed by atoms with Gasteiger partial charge in [-0.25, -0.2) is 9.97 Å². The van der Waals surface area contributed by atoms with Crippen LogP contribution in [0.15, 0.2) is 53.7 Å². The molecule has 0 radical (unpaired) electrons. The minimum absolute atomic E-state index is 0.191. The van der Waals surface area contributed by atoms with Crippen molar-refractivity contribution in [1.82, 2.24) is 19.5 Å². The fourth-order valence-electron chi connectivity index (χ4n) is 3.74. The molecule has 0 saturated heterocycles. The van der Waals surface area contributed by atoms with Crippen LogP contribution in [0.3, 0.4) is 0 Å². The van der Waals surface area contributed by atoms with Crippen LogP contribution < -0.4 is 5.56 Å². The van der Waals surface area contributed by atoms with E-state index in [1.165, 1.54) is 56.9 Å². The molecule has 3 rings (SSSR count). The van der Waals surface area contributed by atoms with Crippen molar-refractivity contribution < 1.29 is 0 Å². The zero-order chi connectivity index (χ0) is 21.9. The maximum absolute atomic E-state index is 12.4. The van der Waals surface area contributed by atoms with Gasteiger partial charge in [-0.05, 0) is 48.8 Å². The van der Waals surface area contributed by atoms with Gasteiger partial charge in [0, 0.05) is 36.3 Å². The molecule has 2 heterocycles. The lowest BCUT2D eigenvalue weighted by Gasteiger charge is -2.11. The van der Waals surface area contributed by atoms with Crippen molar-refractivity contribution in [2.75, 3.05) is 0 Å². The Balaban J connectivity index is 1.64. The number of benzene rings is 1. The van der Waals surface area contributed by atoms with E-state index in [-0.39, 0.29) is 5.56 Å². The number of unbranched alkanes of at least 4 members (excludes halogenated alkanes) is 7. The molecule has 0 saturated carbocycles. The number of aryl methyl sites for hydroxylation is 1. The van der Waals surface area contributed by atoms with Crippen LogP contribution in [0.1, 0.15) is 75.2 Å². The Hall–Kier alpha value is -2.60. The highest BCUT2D eigenvalue weighted by atomic mass is 32.1. The molecule has 0 aliphatic carbocycles. The van der Waals surface area contributed by atoms with Crippen LogP contribution in [-0.4, -0.2) is 19.5 Å². The van der Waals surface area contributed by atoms with E-state index < -0.39 is 0 Å². The maximum Gasteiger partial charge on any atom is 0.255 e. The third-order valence-electron chi connectivity index (χ3n) is 5.49. The molecule has 0 bridgehead atoms. The molecule has 0 fully saturated rings. The van der Waals surface area contributed by atoms with E-state index in [2.05, 4.69) is 40.1 Å². The highest BCUT2D eigenvalue weighted by Crippen LogP contribution is 2.15. The Morgan fingerprint density at radius 3 is 2.42 bits per heavy atom. The molecule has 2 aromatic heterocycles. The third-order valence-corrected chi connectivity index (χ3v) is 5.79. The molecule has 0 aliphatic rings. The van der Waals surface area contributed by atoms with E-state index in [1.54, 1.807) is 18.5 Å². The Morgan fingerprint density at radius 1 is 0.968 bits per heavy atom. The molecular weight excluding hydrogens is 404 g/mol. The van der Waals surface area contributed by atoms with Gasteiger partial charge >= 0.3 is 0 Å². The quantitative estimate of drug-likeness (QED) is 0.281. The summed E-state index contributed by atoms with van der Waals surface area (Å²) in [4.78, 5) is 23.6. The number of nitrogens with zero attached hydrogens (tertiary/aromatic N) is 3. The monoisotopic (exact) mass is 436 g/mol.